The van der Waals surface area contributed by atoms with Gasteiger partial charge in [-0.15, -0.1) is 0 Å². The van der Waals surface area contributed by atoms with E-state index in [1.54, 1.807) is 6.92 Å². The maximum Gasteiger partial charge on any atom is 0.388 e. The van der Waals surface area contributed by atoms with Crippen molar-refractivity contribution in [3.63, 3.8) is 0 Å². The summed E-state index contributed by atoms with van der Waals surface area (Å²) in [6.45, 7) is -4.43. The fraction of sp³-hybridized carbons (Fsp3) is 0.250. The molecule has 0 saturated carbocycles. The van der Waals surface area contributed by atoms with Crippen LogP contribution < -0.4 is 9.47 Å². The Labute approximate surface area is 257 Å². The molecule has 0 atom stereocenters. The lowest BCUT2D eigenvalue weighted by atomic mass is 10.1. The Balaban J connectivity index is 0.000000226. The van der Waals surface area contributed by atoms with Gasteiger partial charge in [0.1, 0.15) is 33.1 Å². The molecule has 2 heterocycles. The first-order chi connectivity index (χ1) is 19.2. The van der Waals surface area contributed by atoms with E-state index < -0.39 is 24.9 Å². The number of rotatable bonds is 7. The molecular formula is C24H17BrCl4F6N4O2. The third-order valence-electron chi connectivity index (χ3n) is 5.32. The van der Waals surface area contributed by atoms with Gasteiger partial charge >= 0.3 is 13.2 Å². The van der Waals surface area contributed by atoms with Crippen molar-refractivity contribution in [3.05, 3.63) is 67.1 Å². The Hall–Kier alpha value is -2.32. The third kappa shape index (κ3) is 7.56. The lowest BCUT2D eigenvalue weighted by Crippen LogP contribution is -2.06. The van der Waals surface area contributed by atoms with E-state index in [0.29, 0.717) is 16.5 Å². The average molecular weight is 729 g/mol. The van der Waals surface area contributed by atoms with Crippen molar-refractivity contribution >= 4 is 62.3 Å². The first kappa shape index (κ1) is 33.2. The topological polar surface area (TPSA) is 54.1 Å². The number of hydrogen-bond donors (Lipinski definition) is 0. The fourth-order valence-electron chi connectivity index (χ4n) is 3.45. The van der Waals surface area contributed by atoms with Gasteiger partial charge in [-0.25, -0.2) is 18.1 Å². The van der Waals surface area contributed by atoms with Gasteiger partial charge in [0.2, 0.25) is 11.8 Å². The molecule has 0 saturated heterocycles. The highest BCUT2D eigenvalue weighted by atomic mass is 79.9. The molecule has 2 aromatic carbocycles. The average Bonchev–Trinajstić information content (AvgIpc) is 3.31. The molecule has 0 radical (unpaired) electrons. The monoisotopic (exact) mass is 726 g/mol. The molecule has 4 aromatic rings. The van der Waals surface area contributed by atoms with E-state index in [4.69, 9.17) is 46.4 Å². The van der Waals surface area contributed by atoms with Crippen molar-refractivity contribution in [2.24, 2.45) is 14.1 Å². The van der Waals surface area contributed by atoms with Crippen LogP contribution in [0.5, 0.6) is 11.8 Å². The Bertz CT molecular complexity index is 1570. The molecule has 0 aliphatic heterocycles. The van der Waals surface area contributed by atoms with Crippen LogP contribution in [0.25, 0.3) is 22.5 Å². The zero-order chi connectivity index (χ0) is 30.8. The zero-order valence-corrected chi connectivity index (χ0v) is 25.5. The Kier molecular flexibility index (Phi) is 11.1. The van der Waals surface area contributed by atoms with Gasteiger partial charge in [-0.05, 0) is 42.3 Å². The second-order valence-corrected chi connectivity index (χ2v) is 10.2. The standard InChI is InChI=1S/C12H8BrCl2F3N2O.C12H9Cl2F3N2O/c1-20-11(21-12(17)18)9(15)10(19-20)6-2-5(4-13)7(14)3-8(6)16;1-5-3-6(8(15)4-7(5)13)10-9(14)11(19(2)18-10)20-12(16)17/h2-3,12H,4H2,1H3;3-4,12H,1-2H3. The van der Waals surface area contributed by atoms with Crippen LogP contribution in [0, 0.1) is 18.6 Å². The number of benzene rings is 2. The minimum absolute atomic E-state index is 0.00573. The van der Waals surface area contributed by atoms with Gasteiger partial charge in [0, 0.05) is 40.6 Å². The van der Waals surface area contributed by atoms with Gasteiger partial charge in [0.15, 0.2) is 0 Å². The molecule has 0 unspecified atom stereocenters. The summed E-state index contributed by atoms with van der Waals surface area (Å²) in [5, 5.41) is 8.34. The normalized spacial score (nSPS) is 11.2. The van der Waals surface area contributed by atoms with Gasteiger partial charge < -0.3 is 9.47 Å². The van der Waals surface area contributed by atoms with Gasteiger partial charge in [0.05, 0.1) is 0 Å². The van der Waals surface area contributed by atoms with E-state index in [2.05, 4.69) is 35.6 Å². The summed E-state index contributed by atoms with van der Waals surface area (Å²) in [5.41, 5.74) is 1.37. The van der Waals surface area contributed by atoms with E-state index in [9.17, 15) is 26.3 Å². The first-order valence-corrected chi connectivity index (χ1v) is 13.6. The van der Waals surface area contributed by atoms with E-state index in [1.807, 2.05) is 0 Å². The molecule has 0 N–H and O–H groups in total. The number of ether oxygens (including phenoxy) is 2. The largest absolute Gasteiger partial charge is 0.416 e. The molecule has 0 aliphatic carbocycles. The molecule has 6 nitrogen and oxygen atoms in total. The molecule has 0 fully saturated rings. The molecule has 222 valence electrons. The highest BCUT2D eigenvalue weighted by molar-refractivity contribution is 9.08. The van der Waals surface area contributed by atoms with Gasteiger partial charge in [-0.3, -0.25) is 0 Å². The first-order valence-electron chi connectivity index (χ1n) is 11.0. The van der Waals surface area contributed by atoms with Crippen molar-refractivity contribution in [2.75, 3.05) is 0 Å². The number of hydrogen-bond acceptors (Lipinski definition) is 4. The summed E-state index contributed by atoms with van der Waals surface area (Å²) in [6, 6.07) is 5.13. The van der Waals surface area contributed by atoms with Crippen LogP contribution in [0.3, 0.4) is 0 Å². The quantitative estimate of drug-likeness (QED) is 0.141. The van der Waals surface area contributed by atoms with Crippen LogP contribution in [0.15, 0.2) is 24.3 Å². The van der Waals surface area contributed by atoms with Crippen molar-refractivity contribution in [1.82, 2.24) is 19.6 Å². The predicted octanol–water partition coefficient (Wildman–Crippen LogP) is 9.47. The van der Waals surface area contributed by atoms with Crippen LogP contribution in [0.1, 0.15) is 11.1 Å². The lowest BCUT2D eigenvalue weighted by Gasteiger charge is -2.06. The number of aryl methyl sites for hydroxylation is 3. The van der Waals surface area contributed by atoms with E-state index in [0.717, 1.165) is 21.5 Å². The maximum absolute atomic E-state index is 14.0. The summed E-state index contributed by atoms with van der Waals surface area (Å²) < 4.78 is 87.7. The Morgan fingerprint density at radius 3 is 1.59 bits per heavy atom. The van der Waals surface area contributed by atoms with Crippen LogP contribution in [0.2, 0.25) is 20.1 Å². The molecule has 0 bridgehead atoms. The van der Waals surface area contributed by atoms with Gasteiger partial charge in [-0.2, -0.15) is 27.8 Å². The summed E-state index contributed by atoms with van der Waals surface area (Å²) in [5.74, 6) is -1.97. The number of alkyl halides is 5. The molecular weight excluding hydrogens is 712 g/mol. The Morgan fingerprint density at radius 1 is 0.756 bits per heavy atom. The van der Waals surface area contributed by atoms with Crippen molar-refractivity contribution in [1.29, 1.82) is 0 Å². The minimum atomic E-state index is -3.06. The third-order valence-corrected chi connectivity index (χ3v) is 7.36. The molecule has 2 aromatic heterocycles. The van der Waals surface area contributed by atoms with Crippen LogP contribution in [-0.4, -0.2) is 32.8 Å². The molecule has 4 rings (SSSR count). The number of halogens is 11. The SMILES string of the molecule is Cc1cc(-c2nn(C)c(OC(F)F)c2Cl)c(F)cc1Cl.Cn1nc(-c2cc(CBr)c(Cl)cc2F)c(Cl)c1OC(F)F. The summed E-state index contributed by atoms with van der Waals surface area (Å²) >= 11 is 26.8. The van der Waals surface area contributed by atoms with Crippen LogP contribution in [0.4, 0.5) is 26.3 Å². The lowest BCUT2D eigenvalue weighted by molar-refractivity contribution is -0.0558. The summed E-state index contributed by atoms with van der Waals surface area (Å²) in [4.78, 5) is 0. The number of nitrogens with zero attached hydrogens (tertiary/aromatic N) is 4. The second kappa shape index (κ2) is 13.8. The van der Waals surface area contributed by atoms with E-state index >= 15 is 0 Å². The van der Waals surface area contributed by atoms with E-state index in [-0.39, 0.29) is 54.4 Å². The second-order valence-electron chi connectivity index (χ2n) is 8.08. The van der Waals surface area contributed by atoms with Crippen molar-refractivity contribution < 1.29 is 35.8 Å². The van der Waals surface area contributed by atoms with Crippen LogP contribution in [-0.2, 0) is 19.4 Å². The predicted molar refractivity (Wildman–Crippen MR) is 148 cm³/mol. The smallest absolute Gasteiger partial charge is 0.388 e. The molecule has 0 amide bonds. The van der Waals surface area contributed by atoms with Crippen molar-refractivity contribution in [3.8, 4) is 34.3 Å². The van der Waals surface area contributed by atoms with E-state index in [1.165, 1.54) is 26.2 Å². The maximum atomic E-state index is 14.0. The molecule has 0 aliphatic rings. The minimum Gasteiger partial charge on any atom is -0.416 e. The highest BCUT2D eigenvalue weighted by Crippen LogP contribution is 2.39. The Morgan fingerprint density at radius 2 is 1.17 bits per heavy atom. The molecule has 41 heavy (non-hydrogen) atoms. The van der Waals surface area contributed by atoms with Crippen molar-refractivity contribution in [2.45, 2.75) is 25.5 Å². The molecule has 0 spiro atoms. The zero-order valence-electron chi connectivity index (χ0n) is 20.9. The summed E-state index contributed by atoms with van der Waals surface area (Å²) in [7, 11) is 2.74. The molecule has 17 heteroatoms. The summed E-state index contributed by atoms with van der Waals surface area (Å²) in [6.07, 6.45) is 0. The van der Waals surface area contributed by atoms with Gasteiger partial charge in [-0.1, -0.05) is 62.3 Å². The fourth-order valence-corrected chi connectivity index (χ4v) is 5.06. The number of aromatic nitrogens is 4. The van der Waals surface area contributed by atoms with Gasteiger partial charge in [0.25, 0.3) is 0 Å². The van der Waals surface area contributed by atoms with Crippen LogP contribution >= 0.6 is 62.3 Å². The highest BCUT2D eigenvalue weighted by Gasteiger charge is 2.24.